The number of hydrogen-bond donors (Lipinski definition) is 0. The summed E-state index contributed by atoms with van der Waals surface area (Å²) in [4.78, 5) is 11.6. The Kier molecular flexibility index (Phi) is 1.99. The van der Waals surface area contributed by atoms with Crippen LogP contribution < -0.4 is 0 Å². The fourth-order valence-corrected chi connectivity index (χ4v) is 2.84. The van der Waals surface area contributed by atoms with Gasteiger partial charge in [0.1, 0.15) is 0 Å². The molecule has 0 heterocycles. The number of ketones is 1. The monoisotopic (exact) mass is 240 g/mol. The summed E-state index contributed by atoms with van der Waals surface area (Å²) in [5, 5.41) is 0. The number of halogens is 1. The zero-order valence-electron chi connectivity index (χ0n) is 7.93. The predicted octanol–water partition coefficient (Wildman–Crippen LogP) is 3.21. The number of hydrogen-bond acceptors (Lipinski definition) is 1. The molecule has 1 fully saturated rings. The molecular formula is C11H13BrO. The molecule has 0 aromatic carbocycles. The van der Waals surface area contributed by atoms with Gasteiger partial charge in [0.05, 0.1) is 0 Å². The van der Waals surface area contributed by atoms with Gasteiger partial charge in [0.25, 0.3) is 0 Å². The molecular weight excluding hydrogens is 228 g/mol. The van der Waals surface area contributed by atoms with Crippen LogP contribution in [0.4, 0.5) is 0 Å². The molecule has 1 saturated carbocycles. The molecule has 0 radical (unpaired) electrons. The molecule has 2 aliphatic carbocycles. The van der Waals surface area contributed by atoms with Gasteiger partial charge in [-0.05, 0) is 30.4 Å². The second kappa shape index (κ2) is 2.81. The SMILES string of the molecule is CC1(C)CC2=CC(Br)=CC(=O)C2C1. The second-order valence-corrected chi connectivity index (χ2v) is 5.66. The van der Waals surface area contributed by atoms with Crippen LogP contribution in [0.5, 0.6) is 0 Å². The minimum atomic E-state index is 0.177. The van der Waals surface area contributed by atoms with Crippen LogP contribution in [0.2, 0.25) is 0 Å². The van der Waals surface area contributed by atoms with Crippen molar-refractivity contribution >= 4 is 21.7 Å². The van der Waals surface area contributed by atoms with Gasteiger partial charge in [0.2, 0.25) is 0 Å². The Hall–Kier alpha value is -0.370. The van der Waals surface area contributed by atoms with E-state index in [9.17, 15) is 4.79 Å². The van der Waals surface area contributed by atoms with E-state index in [1.54, 1.807) is 6.08 Å². The van der Waals surface area contributed by atoms with E-state index in [-0.39, 0.29) is 11.7 Å². The van der Waals surface area contributed by atoms with Crippen LogP contribution in [-0.2, 0) is 4.79 Å². The molecule has 2 rings (SSSR count). The number of carbonyl (C=O) groups excluding carboxylic acids is 1. The van der Waals surface area contributed by atoms with Crippen LogP contribution in [0.3, 0.4) is 0 Å². The van der Waals surface area contributed by atoms with Crippen LogP contribution in [0.15, 0.2) is 22.2 Å². The van der Waals surface area contributed by atoms with E-state index in [0.29, 0.717) is 5.41 Å². The van der Waals surface area contributed by atoms with Crippen molar-refractivity contribution in [2.75, 3.05) is 0 Å². The first-order valence-corrected chi connectivity index (χ1v) is 5.39. The summed E-state index contributed by atoms with van der Waals surface area (Å²) >= 11 is 3.37. The Balaban J connectivity index is 2.34. The molecule has 1 unspecified atom stereocenters. The van der Waals surface area contributed by atoms with Crippen LogP contribution in [-0.4, -0.2) is 5.78 Å². The number of rotatable bonds is 0. The fourth-order valence-electron chi connectivity index (χ4n) is 2.32. The minimum absolute atomic E-state index is 0.177. The smallest absolute Gasteiger partial charge is 0.163 e. The zero-order chi connectivity index (χ0) is 9.64. The molecule has 0 amide bonds. The Morgan fingerprint density at radius 1 is 1.46 bits per heavy atom. The number of allylic oxidation sites excluding steroid dienone is 4. The molecule has 0 aromatic heterocycles. The van der Waals surface area contributed by atoms with Gasteiger partial charge in [-0.25, -0.2) is 0 Å². The fraction of sp³-hybridized carbons (Fsp3) is 0.545. The van der Waals surface area contributed by atoms with Gasteiger partial charge in [0.15, 0.2) is 5.78 Å². The van der Waals surface area contributed by atoms with E-state index in [4.69, 9.17) is 0 Å². The van der Waals surface area contributed by atoms with Gasteiger partial charge >= 0.3 is 0 Å². The first kappa shape index (κ1) is 9.20. The highest BCUT2D eigenvalue weighted by molar-refractivity contribution is 9.11. The summed E-state index contributed by atoms with van der Waals surface area (Å²) in [5.41, 5.74) is 1.61. The predicted molar refractivity (Wildman–Crippen MR) is 56.6 cm³/mol. The highest BCUT2D eigenvalue weighted by Gasteiger charge is 2.39. The molecule has 70 valence electrons. The van der Waals surface area contributed by atoms with Crippen molar-refractivity contribution in [1.29, 1.82) is 0 Å². The van der Waals surface area contributed by atoms with Crippen molar-refractivity contribution in [3.63, 3.8) is 0 Å². The average Bonchev–Trinajstić information content (AvgIpc) is 2.23. The van der Waals surface area contributed by atoms with Gasteiger partial charge in [-0.2, -0.15) is 0 Å². The molecule has 0 spiro atoms. The quantitative estimate of drug-likeness (QED) is 0.636. The number of carbonyl (C=O) groups is 1. The summed E-state index contributed by atoms with van der Waals surface area (Å²) < 4.78 is 0.932. The molecule has 0 saturated heterocycles. The molecule has 1 atom stereocenters. The maximum atomic E-state index is 11.6. The lowest BCUT2D eigenvalue weighted by Gasteiger charge is -2.15. The van der Waals surface area contributed by atoms with Crippen LogP contribution in [0, 0.1) is 11.3 Å². The van der Waals surface area contributed by atoms with Crippen molar-refractivity contribution in [1.82, 2.24) is 0 Å². The third-order valence-electron chi connectivity index (χ3n) is 2.83. The van der Waals surface area contributed by atoms with E-state index in [0.717, 1.165) is 17.3 Å². The molecule has 1 nitrogen and oxygen atoms in total. The Morgan fingerprint density at radius 2 is 2.15 bits per heavy atom. The first-order valence-electron chi connectivity index (χ1n) is 4.59. The second-order valence-electron chi connectivity index (χ2n) is 4.75. The van der Waals surface area contributed by atoms with Crippen LogP contribution in [0.1, 0.15) is 26.7 Å². The third kappa shape index (κ3) is 1.64. The largest absolute Gasteiger partial charge is 0.294 e. The molecule has 0 bridgehead atoms. The van der Waals surface area contributed by atoms with E-state index < -0.39 is 0 Å². The highest BCUT2D eigenvalue weighted by atomic mass is 79.9. The van der Waals surface area contributed by atoms with Crippen molar-refractivity contribution in [3.05, 3.63) is 22.2 Å². The van der Waals surface area contributed by atoms with Crippen LogP contribution >= 0.6 is 15.9 Å². The average molecular weight is 241 g/mol. The van der Waals surface area contributed by atoms with Gasteiger partial charge < -0.3 is 0 Å². The summed E-state index contributed by atoms with van der Waals surface area (Å²) in [5.74, 6) is 0.450. The standard InChI is InChI=1S/C11H13BrO/c1-11(2)5-7-3-8(12)4-10(13)9(7)6-11/h3-4,9H,5-6H2,1-2H3. The molecule has 13 heavy (non-hydrogen) atoms. The van der Waals surface area contributed by atoms with Gasteiger partial charge in [-0.1, -0.05) is 35.4 Å². The van der Waals surface area contributed by atoms with Gasteiger partial charge in [0, 0.05) is 10.4 Å². The molecule has 2 aliphatic rings. The van der Waals surface area contributed by atoms with Crippen LogP contribution in [0.25, 0.3) is 0 Å². The lowest BCUT2D eigenvalue weighted by Crippen LogP contribution is -2.14. The number of fused-ring (bicyclic) bond motifs is 1. The normalized spacial score (nSPS) is 31.0. The molecule has 2 heteroatoms. The minimum Gasteiger partial charge on any atom is -0.294 e. The topological polar surface area (TPSA) is 17.1 Å². The van der Waals surface area contributed by atoms with Crippen molar-refractivity contribution in [3.8, 4) is 0 Å². The van der Waals surface area contributed by atoms with Crippen molar-refractivity contribution < 1.29 is 4.79 Å². The third-order valence-corrected chi connectivity index (χ3v) is 3.29. The summed E-state index contributed by atoms with van der Waals surface area (Å²) in [6.45, 7) is 4.46. The maximum absolute atomic E-state index is 11.6. The molecule has 0 aliphatic heterocycles. The Labute approximate surface area is 87.0 Å². The lowest BCUT2D eigenvalue weighted by atomic mass is 9.89. The van der Waals surface area contributed by atoms with E-state index in [1.165, 1.54) is 5.57 Å². The van der Waals surface area contributed by atoms with E-state index in [1.807, 2.05) is 0 Å². The van der Waals surface area contributed by atoms with Gasteiger partial charge in [-0.3, -0.25) is 4.79 Å². The van der Waals surface area contributed by atoms with Gasteiger partial charge in [-0.15, -0.1) is 0 Å². The zero-order valence-corrected chi connectivity index (χ0v) is 9.52. The first-order chi connectivity index (χ1) is 5.98. The van der Waals surface area contributed by atoms with E-state index in [2.05, 4.69) is 35.9 Å². The van der Waals surface area contributed by atoms with Crippen molar-refractivity contribution in [2.24, 2.45) is 11.3 Å². The van der Waals surface area contributed by atoms with E-state index >= 15 is 0 Å². The Bertz CT molecular complexity index is 323. The lowest BCUT2D eigenvalue weighted by molar-refractivity contribution is -0.117. The summed E-state index contributed by atoms with van der Waals surface area (Å²) in [6, 6.07) is 0. The van der Waals surface area contributed by atoms with Crippen molar-refractivity contribution in [2.45, 2.75) is 26.7 Å². The maximum Gasteiger partial charge on any atom is 0.163 e. The molecule has 0 N–H and O–H groups in total. The highest BCUT2D eigenvalue weighted by Crippen LogP contribution is 2.47. The molecule has 0 aromatic rings. The summed E-state index contributed by atoms with van der Waals surface area (Å²) in [6.07, 6.45) is 5.89. The summed E-state index contributed by atoms with van der Waals surface area (Å²) in [7, 11) is 0. The Morgan fingerprint density at radius 3 is 2.85 bits per heavy atom.